The Bertz CT molecular complexity index is 3080. The van der Waals surface area contributed by atoms with Crippen LogP contribution in [0.1, 0.15) is 200 Å². The van der Waals surface area contributed by atoms with Gasteiger partial charge in [-0.15, -0.1) is 0 Å². The minimum atomic E-state index is -0.485. The number of aromatic hydroxyl groups is 2. The van der Waals surface area contributed by atoms with Crippen LogP contribution in [0.4, 0.5) is 0 Å². The minimum Gasteiger partial charge on any atom is -0.507 e. The van der Waals surface area contributed by atoms with Crippen molar-refractivity contribution in [3.8, 4) is 82.5 Å². The van der Waals surface area contributed by atoms with E-state index in [-0.39, 0.29) is 44.7 Å². The van der Waals surface area contributed by atoms with Crippen LogP contribution in [-0.4, -0.2) is 21.8 Å². The summed E-state index contributed by atoms with van der Waals surface area (Å²) in [6.45, 7) is 49.5. The molecular formula is C72H82O4. The van der Waals surface area contributed by atoms with Gasteiger partial charge in [-0.1, -0.05) is 190 Å². The highest BCUT2D eigenvalue weighted by Crippen LogP contribution is 2.50. The summed E-state index contributed by atoms with van der Waals surface area (Å²) in [5.74, 6) is 37.9. The van der Waals surface area contributed by atoms with Crippen molar-refractivity contribution in [1.82, 2.24) is 0 Å². The quantitative estimate of drug-likeness (QED) is 0.258. The van der Waals surface area contributed by atoms with Crippen molar-refractivity contribution in [3.05, 3.63) is 138 Å². The number of Topliss-reactive ketones (excluding diaryl/α,β-unsaturated/α-hetero) is 2. The van der Waals surface area contributed by atoms with E-state index in [1.165, 1.54) is 0 Å². The van der Waals surface area contributed by atoms with Crippen molar-refractivity contribution in [2.24, 2.45) is 21.7 Å². The molecule has 0 spiro atoms. The van der Waals surface area contributed by atoms with Crippen LogP contribution in [0.5, 0.6) is 11.5 Å². The third kappa shape index (κ3) is 13.5. The van der Waals surface area contributed by atoms with Gasteiger partial charge in [-0.05, 0) is 150 Å². The summed E-state index contributed by atoms with van der Waals surface area (Å²) in [5.41, 5.74) is 8.85. The lowest BCUT2D eigenvalue weighted by Gasteiger charge is -2.36. The summed E-state index contributed by atoms with van der Waals surface area (Å²) < 4.78 is 0. The Labute approximate surface area is 458 Å². The number of phenolic OH excluding ortho intramolecular Hbond substituents is 2. The smallest absolute Gasteiger partial charge is 0.186 e. The Morgan fingerprint density at radius 1 is 0.303 bits per heavy atom. The van der Waals surface area contributed by atoms with E-state index < -0.39 is 21.7 Å². The van der Waals surface area contributed by atoms with Crippen molar-refractivity contribution in [3.63, 3.8) is 0 Å². The van der Waals surface area contributed by atoms with Crippen LogP contribution in [0.2, 0.25) is 0 Å². The molecule has 4 heteroatoms. The highest BCUT2D eigenvalue weighted by Gasteiger charge is 2.41. The topological polar surface area (TPSA) is 74.6 Å². The molecule has 0 saturated heterocycles. The van der Waals surface area contributed by atoms with Gasteiger partial charge >= 0.3 is 0 Å². The molecule has 0 unspecified atom stereocenters. The van der Waals surface area contributed by atoms with E-state index in [1.807, 2.05) is 48.6 Å². The Morgan fingerprint density at radius 2 is 0.513 bits per heavy atom. The Kier molecular flexibility index (Phi) is 16.4. The molecule has 0 saturated carbocycles. The molecule has 2 N–H and O–H groups in total. The monoisotopic (exact) mass is 1010 g/mol. The number of carbonyl (C=O) groups is 2. The van der Waals surface area contributed by atoms with Gasteiger partial charge < -0.3 is 10.2 Å². The highest BCUT2D eigenvalue weighted by molar-refractivity contribution is 6.13. The summed E-state index contributed by atoms with van der Waals surface area (Å²) >= 11 is 0. The fourth-order valence-corrected chi connectivity index (χ4v) is 9.26. The van der Waals surface area contributed by atoms with E-state index in [9.17, 15) is 19.8 Å². The predicted octanol–water partition coefficient (Wildman–Crippen LogP) is 15.7. The fraction of sp³-hybridized carbons (Fsp3) is 0.444. The van der Waals surface area contributed by atoms with E-state index in [2.05, 4.69) is 237 Å². The van der Waals surface area contributed by atoms with Gasteiger partial charge in [0.1, 0.15) is 11.5 Å². The second-order valence-corrected chi connectivity index (χ2v) is 28.6. The van der Waals surface area contributed by atoms with Gasteiger partial charge in [0.15, 0.2) is 11.6 Å². The van der Waals surface area contributed by atoms with E-state index in [0.717, 1.165) is 55.7 Å². The van der Waals surface area contributed by atoms with Crippen LogP contribution >= 0.6 is 0 Å². The van der Waals surface area contributed by atoms with Crippen molar-refractivity contribution >= 4 is 11.6 Å². The van der Waals surface area contributed by atoms with Gasteiger partial charge in [0, 0.05) is 66.8 Å². The normalized spacial score (nSPS) is 15.6. The molecule has 3 aliphatic rings. The highest BCUT2D eigenvalue weighted by atomic mass is 16.3. The van der Waals surface area contributed by atoms with Crippen LogP contribution in [-0.2, 0) is 31.2 Å². The molecule has 394 valence electrons. The average Bonchev–Trinajstić information content (AvgIpc) is 3.23. The average molecular weight is 1010 g/mol. The molecule has 0 bridgehead atoms. The largest absolute Gasteiger partial charge is 0.507 e. The molecule has 0 amide bonds. The molecule has 0 atom stereocenters. The van der Waals surface area contributed by atoms with Gasteiger partial charge in [-0.2, -0.15) is 0 Å². The molecule has 5 rings (SSSR count). The number of ketones is 2. The maximum atomic E-state index is 14.4. The van der Waals surface area contributed by atoms with Gasteiger partial charge in [-0.3, -0.25) is 9.59 Å². The lowest BCUT2D eigenvalue weighted by Crippen LogP contribution is -2.29. The number of benzene rings is 2. The third-order valence-electron chi connectivity index (χ3n) is 13.6. The van der Waals surface area contributed by atoms with Crippen molar-refractivity contribution in [2.45, 2.75) is 188 Å². The molecule has 4 nitrogen and oxygen atoms in total. The number of carbonyl (C=O) groups excluding carboxylic acids is 2. The Hall–Kier alpha value is -7.08. The van der Waals surface area contributed by atoms with E-state index in [4.69, 9.17) is 0 Å². The van der Waals surface area contributed by atoms with Crippen molar-refractivity contribution in [2.75, 3.05) is 0 Å². The number of phenols is 2. The Morgan fingerprint density at radius 3 is 0.711 bits per heavy atom. The molecule has 0 aliphatic heterocycles. The number of rotatable bonds is 0. The molecule has 0 aromatic heterocycles. The molecule has 2 aromatic rings. The van der Waals surface area contributed by atoms with E-state index in [0.29, 0.717) is 33.4 Å². The summed E-state index contributed by atoms with van der Waals surface area (Å²) in [5, 5.41) is 22.6. The summed E-state index contributed by atoms with van der Waals surface area (Å²) in [6.07, 6.45) is 7.99. The molecular weight excluding hydrogens is 929 g/mol. The van der Waals surface area contributed by atoms with E-state index >= 15 is 0 Å². The molecule has 0 heterocycles. The summed E-state index contributed by atoms with van der Waals surface area (Å²) in [4.78, 5) is 28.7. The lowest BCUT2D eigenvalue weighted by molar-refractivity contribution is -0.114. The lowest BCUT2D eigenvalue weighted by atomic mass is 9.66. The van der Waals surface area contributed by atoms with Gasteiger partial charge in [-0.25, -0.2) is 0 Å². The zero-order valence-electron chi connectivity index (χ0n) is 50.3. The number of hydrogen-bond acceptors (Lipinski definition) is 4. The molecule has 76 heavy (non-hydrogen) atoms. The summed E-state index contributed by atoms with van der Waals surface area (Å²) in [7, 11) is 0. The molecule has 3 aliphatic carbocycles. The second-order valence-electron chi connectivity index (χ2n) is 28.6. The first-order valence-corrected chi connectivity index (χ1v) is 26.5. The van der Waals surface area contributed by atoms with Crippen LogP contribution in [0.25, 0.3) is 0 Å². The Balaban J connectivity index is 1.89. The fourth-order valence-electron chi connectivity index (χ4n) is 9.26. The third-order valence-corrected chi connectivity index (χ3v) is 13.6. The van der Waals surface area contributed by atoms with Crippen LogP contribution < -0.4 is 0 Å². The standard InChI is InChI=1S/C72H82O4/c1-65(2,3)51-37-45(38-52(61(51)73)66(4,5)6)33-29-25-27-31-35-49-50(36-32-28-26-30-34-46-39-53(67(7,8)9)62(74)54(40-46)68(10,11)12)60(48-43-57(71(19,20)21)64(76)58(44-48)72(22,23)24)59(49)47-41-55(69(13,14)15)63(75)56(42-47)70(16,17)18/h37-44,73-74H,1-24H3. The number of hydrogen-bond donors (Lipinski definition) is 2. The first-order chi connectivity index (χ1) is 34.5. The number of allylic oxidation sites excluding steroid dienone is 14. The first-order valence-electron chi connectivity index (χ1n) is 26.5. The SMILES string of the molecule is CC(C)(C)C1=CC(=C2C(C#CC#CC#Cc3cc(C(C)(C)C)c(O)c(C(C)(C)C)c3)=C(C#CC#CC#Cc3cc(C(C)(C)C)c(O)c(C(C)(C)C)c3)C2=C2C=C(C(C)(C)C)C(=O)C(C(C)(C)C)=C2)C=C(C(C)(C)C)C1=O. The zero-order chi connectivity index (χ0) is 57.7. The van der Waals surface area contributed by atoms with Gasteiger partial charge in [0.2, 0.25) is 0 Å². The minimum absolute atomic E-state index is 0.0119. The van der Waals surface area contributed by atoms with E-state index in [1.54, 1.807) is 0 Å². The van der Waals surface area contributed by atoms with Crippen molar-refractivity contribution in [1.29, 1.82) is 0 Å². The van der Waals surface area contributed by atoms with Gasteiger partial charge in [0.05, 0.1) is 11.1 Å². The molecule has 2 aromatic carbocycles. The molecule has 0 fully saturated rings. The van der Waals surface area contributed by atoms with Crippen LogP contribution in [0.3, 0.4) is 0 Å². The predicted molar refractivity (Wildman–Crippen MR) is 317 cm³/mol. The van der Waals surface area contributed by atoms with Gasteiger partial charge in [0.25, 0.3) is 0 Å². The molecule has 0 radical (unpaired) electrons. The second kappa shape index (κ2) is 20.8. The van der Waals surface area contributed by atoms with Crippen molar-refractivity contribution < 1.29 is 19.8 Å². The maximum absolute atomic E-state index is 14.4. The summed E-state index contributed by atoms with van der Waals surface area (Å²) in [6, 6.07) is 7.73. The van der Waals surface area contributed by atoms with Crippen LogP contribution in [0.15, 0.2) is 104 Å². The first kappa shape index (κ1) is 59.8. The maximum Gasteiger partial charge on any atom is 0.186 e. The van der Waals surface area contributed by atoms with Crippen LogP contribution in [0, 0.1) is 92.7 Å². The zero-order valence-corrected chi connectivity index (χ0v) is 50.3.